The van der Waals surface area contributed by atoms with E-state index in [1.165, 1.54) is 29.2 Å². The molecule has 6 nitrogen and oxygen atoms in total. The molecule has 0 atom stereocenters. The van der Waals surface area contributed by atoms with E-state index in [9.17, 15) is 14.0 Å². The highest BCUT2D eigenvalue weighted by atomic mass is 19.1. The number of methoxy groups -OCH3 is 2. The fourth-order valence-electron chi connectivity index (χ4n) is 3.77. The largest absolute Gasteiger partial charge is 0.493 e. The summed E-state index contributed by atoms with van der Waals surface area (Å²) in [4.78, 5) is 26.0. The summed E-state index contributed by atoms with van der Waals surface area (Å²) in [6, 6.07) is 11.2. The van der Waals surface area contributed by atoms with Gasteiger partial charge in [0, 0.05) is 24.4 Å². The van der Waals surface area contributed by atoms with Crippen LogP contribution in [-0.4, -0.2) is 51.6 Å². The van der Waals surface area contributed by atoms with E-state index in [0.29, 0.717) is 23.6 Å². The van der Waals surface area contributed by atoms with Crippen LogP contribution in [0.1, 0.15) is 28.8 Å². The Morgan fingerprint density at radius 1 is 1.03 bits per heavy atom. The van der Waals surface area contributed by atoms with Gasteiger partial charge in [-0.05, 0) is 42.0 Å². The molecule has 0 radical (unpaired) electrons. The minimum Gasteiger partial charge on any atom is -0.493 e. The quantitative estimate of drug-likeness (QED) is 0.640. The van der Waals surface area contributed by atoms with E-state index >= 15 is 0 Å². The second-order valence-corrected chi connectivity index (χ2v) is 7.56. The van der Waals surface area contributed by atoms with Gasteiger partial charge < -0.3 is 19.7 Å². The number of nitrogens with one attached hydrogen (secondary N) is 2. The van der Waals surface area contributed by atoms with Gasteiger partial charge in [0.2, 0.25) is 11.7 Å². The fraction of sp³-hybridized carbons (Fsp3) is 0.391. The van der Waals surface area contributed by atoms with Crippen molar-refractivity contribution in [3.8, 4) is 11.5 Å². The standard InChI is InChI=1S/C23H27FN2O4/c1-29-21-8-3-16(13-22(21)30-2)14-23(28)25-19-9-11-26(12-10-19)15-20(27)17-4-6-18(24)7-5-17/h3-8,13,19H,9-12,14-15H2,1-2H3,(H,25,28)/p+1. The maximum absolute atomic E-state index is 13.0. The van der Waals surface area contributed by atoms with E-state index in [2.05, 4.69) is 5.32 Å². The van der Waals surface area contributed by atoms with Crippen LogP contribution in [0.4, 0.5) is 4.39 Å². The lowest BCUT2D eigenvalue weighted by atomic mass is 10.0. The fourth-order valence-corrected chi connectivity index (χ4v) is 3.77. The number of rotatable bonds is 8. The molecule has 0 unspecified atom stereocenters. The zero-order valence-electron chi connectivity index (χ0n) is 17.4. The molecule has 2 aromatic rings. The van der Waals surface area contributed by atoms with Gasteiger partial charge in [-0.3, -0.25) is 9.59 Å². The summed E-state index contributed by atoms with van der Waals surface area (Å²) in [5.41, 5.74) is 1.40. The molecule has 0 bridgehead atoms. The lowest BCUT2D eigenvalue weighted by Crippen LogP contribution is -3.14. The number of amides is 1. The topological polar surface area (TPSA) is 69.1 Å². The second kappa shape index (κ2) is 10.2. The minimum atomic E-state index is -0.344. The molecule has 1 fully saturated rings. The van der Waals surface area contributed by atoms with Gasteiger partial charge in [-0.25, -0.2) is 4.39 Å². The number of likely N-dealkylation sites (tertiary alicyclic amines) is 1. The first-order chi connectivity index (χ1) is 14.5. The summed E-state index contributed by atoms with van der Waals surface area (Å²) in [6.45, 7) is 2.01. The Morgan fingerprint density at radius 3 is 2.33 bits per heavy atom. The maximum atomic E-state index is 13.0. The number of carbonyl (C=O) groups excluding carboxylic acids is 2. The van der Waals surface area contributed by atoms with Crippen molar-refractivity contribution in [2.24, 2.45) is 0 Å². The molecule has 0 spiro atoms. The predicted octanol–water partition coefficient (Wildman–Crippen LogP) is 1.43. The molecule has 2 N–H and O–H groups in total. The number of quaternary nitrogens is 1. The molecule has 0 aromatic heterocycles. The summed E-state index contributed by atoms with van der Waals surface area (Å²) in [5, 5.41) is 3.09. The van der Waals surface area contributed by atoms with Crippen LogP contribution in [0.2, 0.25) is 0 Å². The number of hydrogen-bond donors (Lipinski definition) is 2. The predicted molar refractivity (Wildman–Crippen MR) is 111 cm³/mol. The molecule has 1 aliphatic heterocycles. The summed E-state index contributed by atoms with van der Waals surface area (Å²) in [6.07, 6.45) is 1.92. The number of hydrogen-bond acceptors (Lipinski definition) is 4. The molecule has 160 valence electrons. The Kier molecular flexibility index (Phi) is 7.41. The number of carbonyl (C=O) groups is 2. The highest BCUT2D eigenvalue weighted by Crippen LogP contribution is 2.27. The Hall–Kier alpha value is -2.93. The molecule has 7 heteroatoms. The SMILES string of the molecule is COc1ccc(CC(=O)NC2CC[NH+](CC(=O)c3ccc(F)cc3)CC2)cc1OC. The summed E-state index contributed by atoms with van der Waals surface area (Å²) in [7, 11) is 3.14. The summed E-state index contributed by atoms with van der Waals surface area (Å²) in [5.74, 6) is 0.875. The van der Waals surface area contributed by atoms with Gasteiger partial charge in [-0.15, -0.1) is 0 Å². The van der Waals surface area contributed by atoms with Crippen LogP contribution in [0.3, 0.4) is 0 Å². The van der Waals surface area contributed by atoms with Crippen molar-refractivity contribution in [2.45, 2.75) is 25.3 Å². The first-order valence-electron chi connectivity index (χ1n) is 10.1. The van der Waals surface area contributed by atoms with Crippen LogP contribution >= 0.6 is 0 Å². The van der Waals surface area contributed by atoms with Gasteiger partial charge in [0.05, 0.1) is 33.7 Å². The lowest BCUT2D eigenvalue weighted by molar-refractivity contribution is -0.896. The van der Waals surface area contributed by atoms with Crippen molar-refractivity contribution in [1.29, 1.82) is 0 Å². The van der Waals surface area contributed by atoms with E-state index in [1.54, 1.807) is 20.3 Å². The average molecular weight is 415 g/mol. The van der Waals surface area contributed by atoms with Gasteiger partial charge in [0.25, 0.3) is 0 Å². The monoisotopic (exact) mass is 415 g/mol. The lowest BCUT2D eigenvalue weighted by Gasteiger charge is -2.29. The maximum Gasteiger partial charge on any atom is 0.224 e. The molecule has 1 heterocycles. The number of benzene rings is 2. The Morgan fingerprint density at radius 2 is 1.70 bits per heavy atom. The Labute approximate surface area is 176 Å². The van der Waals surface area contributed by atoms with Gasteiger partial charge in [0.15, 0.2) is 11.5 Å². The second-order valence-electron chi connectivity index (χ2n) is 7.56. The first kappa shape index (κ1) is 21.8. The van der Waals surface area contributed by atoms with Gasteiger partial charge in [-0.2, -0.15) is 0 Å². The van der Waals surface area contributed by atoms with Crippen molar-refractivity contribution >= 4 is 11.7 Å². The smallest absolute Gasteiger partial charge is 0.224 e. The third-order valence-corrected chi connectivity index (χ3v) is 5.45. The molecule has 0 saturated carbocycles. The molecule has 1 amide bonds. The molecule has 1 saturated heterocycles. The minimum absolute atomic E-state index is 0.0148. The summed E-state index contributed by atoms with van der Waals surface area (Å²) >= 11 is 0. The molecule has 1 aliphatic rings. The summed E-state index contributed by atoms with van der Waals surface area (Å²) < 4.78 is 23.5. The highest BCUT2D eigenvalue weighted by molar-refractivity contribution is 5.96. The molecule has 2 aromatic carbocycles. The number of piperidine rings is 1. The van der Waals surface area contributed by atoms with Crippen LogP contribution in [0, 0.1) is 5.82 Å². The zero-order chi connectivity index (χ0) is 21.5. The van der Waals surface area contributed by atoms with Crippen molar-refractivity contribution < 1.29 is 28.4 Å². The van der Waals surface area contributed by atoms with Crippen molar-refractivity contribution in [3.63, 3.8) is 0 Å². The number of ketones is 1. The van der Waals surface area contributed by atoms with Crippen molar-refractivity contribution in [1.82, 2.24) is 5.32 Å². The number of ether oxygens (including phenoxy) is 2. The molecule has 30 heavy (non-hydrogen) atoms. The first-order valence-corrected chi connectivity index (χ1v) is 10.1. The third kappa shape index (κ3) is 5.79. The number of Topliss-reactive ketones (excluding diaryl/α,β-unsaturated/α-hetero) is 1. The number of halogens is 1. The van der Waals surface area contributed by atoms with Gasteiger partial charge in [0.1, 0.15) is 12.4 Å². The van der Waals surface area contributed by atoms with Crippen molar-refractivity contribution in [3.05, 3.63) is 59.4 Å². The van der Waals surface area contributed by atoms with Crippen LogP contribution in [0.25, 0.3) is 0 Å². The van der Waals surface area contributed by atoms with E-state index in [1.807, 2.05) is 12.1 Å². The van der Waals surface area contributed by atoms with E-state index < -0.39 is 0 Å². The van der Waals surface area contributed by atoms with E-state index in [0.717, 1.165) is 31.5 Å². The van der Waals surface area contributed by atoms with Crippen LogP contribution in [0.5, 0.6) is 11.5 Å². The van der Waals surface area contributed by atoms with E-state index in [4.69, 9.17) is 9.47 Å². The molecule has 0 aliphatic carbocycles. The zero-order valence-corrected chi connectivity index (χ0v) is 17.4. The molecular weight excluding hydrogens is 387 g/mol. The van der Waals surface area contributed by atoms with Crippen molar-refractivity contribution in [2.75, 3.05) is 33.9 Å². The Bertz CT molecular complexity index is 877. The molecular formula is C23H28FN2O4+. The average Bonchev–Trinajstić information content (AvgIpc) is 2.75. The molecule has 3 rings (SSSR count). The third-order valence-electron chi connectivity index (χ3n) is 5.45. The highest BCUT2D eigenvalue weighted by Gasteiger charge is 2.25. The normalized spacial score (nSPS) is 18.5. The van der Waals surface area contributed by atoms with Crippen LogP contribution < -0.4 is 19.7 Å². The van der Waals surface area contributed by atoms with Gasteiger partial charge >= 0.3 is 0 Å². The Balaban J connectivity index is 1.44. The van der Waals surface area contributed by atoms with Crippen LogP contribution in [0.15, 0.2) is 42.5 Å². The van der Waals surface area contributed by atoms with Crippen LogP contribution in [-0.2, 0) is 11.2 Å². The van der Waals surface area contributed by atoms with E-state index in [-0.39, 0.29) is 30.0 Å². The van der Waals surface area contributed by atoms with Gasteiger partial charge in [-0.1, -0.05) is 6.07 Å².